The lowest BCUT2D eigenvalue weighted by molar-refractivity contribution is -0.140. The summed E-state index contributed by atoms with van der Waals surface area (Å²) in [4.78, 5) is 21.8. The Labute approximate surface area is 101 Å². The van der Waals surface area contributed by atoms with Gasteiger partial charge in [0.2, 0.25) is 0 Å². The van der Waals surface area contributed by atoms with Gasteiger partial charge >= 0.3 is 11.9 Å². The third-order valence-electron chi connectivity index (χ3n) is 2.87. The lowest BCUT2D eigenvalue weighted by atomic mass is 9.94. The summed E-state index contributed by atoms with van der Waals surface area (Å²) < 4.78 is 4.54. The highest BCUT2D eigenvalue weighted by Gasteiger charge is 2.19. The Morgan fingerprint density at radius 1 is 1.47 bits per heavy atom. The zero-order chi connectivity index (χ0) is 12.7. The van der Waals surface area contributed by atoms with Crippen LogP contribution >= 0.6 is 0 Å². The predicted octanol–water partition coefficient (Wildman–Crippen LogP) is 1.09. The Morgan fingerprint density at radius 3 is 2.76 bits per heavy atom. The van der Waals surface area contributed by atoms with Crippen LogP contribution in [0.2, 0.25) is 0 Å². The summed E-state index contributed by atoms with van der Waals surface area (Å²) in [6, 6.07) is 0.0875. The largest absolute Gasteiger partial charge is 0.481 e. The smallest absolute Gasteiger partial charge is 0.309 e. The molecule has 1 atom stereocenters. The van der Waals surface area contributed by atoms with E-state index in [1.807, 2.05) is 0 Å². The number of hydrogen-bond acceptors (Lipinski definition) is 4. The molecule has 0 amide bonds. The van der Waals surface area contributed by atoms with E-state index in [2.05, 4.69) is 10.1 Å². The molecule has 1 rings (SSSR count). The van der Waals surface area contributed by atoms with Crippen molar-refractivity contribution in [1.29, 1.82) is 0 Å². The minimum atomic E-state index is -0.867. The minimum absolute atomic E-state index is 0.0192. The number of carbonyl (C=O) groups excluding carboxylic acids is 1. The molecule has 1 fully saturated rings. The van der Waals surface area contributed by atoms with E-state index in [0.717, 1.165) is 31.4 Å². The standard InChI is InChI=1S/C12H19NO4/c1-17-12(16)6-5-9(8-11(14)15)10-4-2-3-7-13-10/h5,10,13H,2-4,6-8H2,1H3,(H,14,15)/b9-5+/t10-/m0/s1. The molecule has 17 heavy (non-hydrogen) atoms. The lowest BCUT2D eigenvalue weighted by Gasteiger charge is -2.25. The molecule has 5 nitrogen and oxygen atoms in total. The summed E-state index contributed by atoms with van der Waals surface area (Å²) in [5, 5.41) is 12.1. The number of methoxy groups -OCH3 is 1. The summed E-state index contributed by atoms with van der Waals surface area (Å²) >= 11 is 0. The molecule has 0 unspecified atom stereocenters. The third kappa shape index (κ3) is 4.99. The fourth-order valence-electron chi connectivity index (χ4n) is 1.98. The number of carboxylic acids is 1. The minimum Gasteiger partial charge on any atom is -0.481 e. The van der Waals surface area contributed by atoms with Crippen molar-refractivity contribution in [3.05, 3.63) is 11.6 Å². The average Bonchev–Trinajstić information content (AvgIpc) is 2.34. The molecule has 0 spiro atoms. The van der Waals surface area contributed by atoms with E-state index in [9.17, 15) is 9.59 Å². The maximum atomic E-state index is 11.1. The van der Waals surface area contributed by atoms with E-state index in [1.54, 1.807) is 6.08 Å². The molecule has 2 N–H and O–H groups in total. The molecule has 0 radical (unpaired) electrons. The summed E-state index contributed by atoms with van der Waals surface area (Å²) in [7, 11) is 1.33. The van der Waals surface area contributed by atoms with Gasteiger partial charge in [-0.3, -0.25) is 9.59 Å². The molecule has 1 aliphatic rings. The number of ether oxygens (including phenoxy) is 1. The lowest BCUT2D eigenvalue weighted by Crippen LogP contribution is -2.36. The number of hydrogen-bond donors (Lipinski definition) is 2. The van der Waals surface area contributed by atoms with Crippen molar-refractivity contribution in [3.63, 3.8) is 0 Å². The van der Waals surface area contributed by atoms with Gasteiger partial charge in [-0.25, -0.2) is 0 Å². The topological polar surface area (TPSA) is 75.6 Å². The Kier molecular flexibility index (Phi) is 5.69. The second-order valence-corrected chi connectivity index (χ2v) is 4.13. The SMILES string of the molecule is COC(=O)C/C=C(\CC(=O)O)[C@@H]1CCCCN1. The van der Waals surface area contributed by atoms with Crippen molar-refractivity contribution in [2.75, 3.05) is 13.7 Å². The number of carboxylic acid groups (broad SMARTS) is 1. The fourth-order valence-corrected chi connectivity index (χ4v) is 1.98. The molecule has 1 heterocycles. The van der Waals surface area contributed by atoms with Crippen LogP contribution in [0.25, 0.3) is 0 Å². The van der Waals surface area contributed by atoms with E-state index in [1.165, 1.54) is 7.11 Å². The molecule has 0 aromatic heterocycles. The Bertz CT molecular complexity index is 306. The predicted molar refractivity (Wildman–Crippen MR) is 62.6 cm³/mol. The highest BCUT2D eigenvalue weighted by Crippen LogP contribution is 2.18. The maximum absolute atomic E-state index is 11.1. The zero-order valence-electron chi connectivity index (χ0n) is 10.1. The molecule has 0 aromatic carbocycles. The summed E-state index contributed by atoms with van der Waals surface area (Å²) in [6.07, 6.45) is 4.94. The van der Waals surface area contributed by atoms with Crippen molar-refractivity contribution in [1.82, 2.24) is 5.32 Å². The van der Waals surface area contributed by atoms with E-state index in [4.69, 9.17) is 5.11 Å². The zero-order valence-corrected chi connectivity index (χ0v) is 10.1. The quantitative estimate of drug-likeness (QED) is 0.556. The van der Waals surface area contributed by atoms with Crippen LogP contribution in [0, 0.1) is 0 Å². The van der Waals surface area contributed by atoms with E-state index in [0.29, 0.717) is 0 Å². The van der Waals surface area contributed by atoms with E-state index >= 15 is 0 Å². The van der Waals surface area contributed by atoms with Gasteiger partial charge in [-0.1, -0.05) is 12.5 Å². The van der Waals surface area contributed by atoms with Crippen LogP contribution < -0.4 is 5.32 Å². The van der Waals surface area contributed by atoms with Gasteiger partial charge in [0.05, 0.1) is 20.0 Å². The van der Waals surface area contributed by atoms with Crippen molar-refractivity contribution in [3.8, 4) is 0 Å². The molecule has 1 saturated heterocycles. The van der Waals surface area contributed by atoms with Gasteiger partial charge in [0.15, 0.2) is 0 Å². The van der Waals surface area contributed by atoms with E-state index in [-0.39, 0.29) is 24.9 Å². The van der Waals surface area contributed by atoms with Crippen LogP contribution in [-0.2, 0) is 14.3 Å². The first-order chi connectivity index (χ1) is 8.13. The van der Waals surface area contributed by atoms with Crippen LogP contribution in [-0.4, -0.2) is 36.7 Å². The molecule has 96 valence electrons. The van der Waals surface area contributed by atoms with Crippen molar-refractivity contribution >= 4 is 11.9 Å². The van der Waals surface area contributed by atoms with Crippen molar-refractivity contribution < 1.29 is 19.4 Å². The molecule has 0 bridgehead atoms. The summed E-state index contributed by atoms with van der Waals surface area (Å²) in [5.74, 6) is -1.21. The fraction of sp³-hybridized carbons (Fsp3) is 0.667. The number of aliphatic carboxylic acids is 1. The normalized spacial score (nSPS) is 21.0. The van der Waals surface area contributed by atoms with Gasteiger partial charge in [0, 0.05) is 6.04 Å². The molecule has 0 saturated carbocycles. The van der Waals surface area contributed by atoms with Gasteiger partial charge in [-0.15, -0.1) is 0 Å². The van der Waals surface area contributed by atoms with Crippen LogP contribution in [0.15, 0.2) is 11.6 Å². The van der Waals surface area contributed by atoms with E-state index < -0.39 is 5.97 Å². The van der Waals surface area contributed by atoms with Gasteiger partial charge in [-0.2, -0.15) is 0 Å². The molecular formula is C12H19NO4. The molecule has 5 heteroatoms. The summed E-state index contributed by atoms with van der Waals surface area (Å²) in [5.41, 5.74) is 0.780. The Balaban J connectivity index is 2.64. The van der Waals surface area contributed by atoms with Gasteiger partial charge in [0.25, 0.3) is 0 Å². The first kappa shape index (κ1) is 13.7. The first-order valence-corrected chi connectivity index (χ1v) is 5.84. The number of esters is 1. The monoisotopic (exact) mass is 241 g/mol. The van der Waals surface area contributed by atoms with Gasteiger partial charge < -0.3 is 15.2 Å². The molecule has 0 aromatic rings. The number of nitrogens with one attached hydrogen (secondary N) is 1. The first-order valence-electron chi connectivity index (χ1n) is 5.84. The molecule has 0 aliphatic carbocycles. The Morgan fingerprint density at radius 2 is 2.24 bits per heavy atom. The second kappa shape index (κ2) is 7.06. The third-order valence-corrected chi connectivity index (χ3v) is 2.87. The second-order valence-electron chi connectivity index (χ2n) is 4.13. The van der Waals surface area contributed by atoms with Crippen LogP contribution in [0.3, 0.4) is 0 Å². The highest BCUT2D eigenvalue weighted by atomic mass is 16.5. The number of piperidine rings is 1. The Hall–Kier alpha value is -1.36. The van der Waals surface area contributed by atoms with Gasteiger partial charge in [0.1, 0.15) is 0 Å². The molecule has 1 aliphatic heterocycles. The number of rotatable bonds is 5. The van der Waals surface area contributed by atoms with Crippen LogP contribution in [0.5, 0.6) is 0 Å². The van der Waals surface area contributed by atoms with Crippen molar-refractivity contribution in [2.24, 2.45) is 0 Å². The van der Waals surface area contributed by atoms with Crippen LogP contribution in [0.4, 0.5) is 0 Å². The number of carbonyl (C=O) groups is 2. The average molecular weight is 241 g/mol. The van der Waals surface area contributed by atoms with Crippen molar-refractivity contribution in [2.45, 2.75) is 38.1 Å². The summed E-state index contributed by atoms with van der Waals surface area (Å²) in [6.45, 7) is 0.903. The maximum Gasteiger partial charge on any atom is 0.309 e. The van der Waals surface area contributed by atoms with Crippen LogP contribution in [0.1, 0.15) is 32.1 Å². The van der Waals surface area contributed by atoms with Gasteiger partial charge in [-0.05, 0) is 25.0 Å². The molecular weight excluding hydrogens is 222 g/mol. The highest BCUT2D eigenvalue weighted by molar-refractivity contribution is 5.73.